The standard InChI is InChI=1S/C51H31N3S/c1-3-13-32(14-4-1)33-23-26-36(27-24-33)50-52-49(35-16-5-2-6-17-35)53-51(54-50)39-29-37-18-8-9-19-40(37)43(31-39)44-30-38-28-25-34-15-7-10-20-41(34)46(38)48-47(44)42-21-11-12-22-45(42)55-48/h1-31H. The fourth-order valence-electron chi connectivity index (χ4n) is 8.05. The lowest BCUT2D eigenvalue weighted by molar-refractivity contribution is 1.07. The van der Waals surface area contributed by atoms with E-state index >= 15 is 0 Å². The number of fused-ring (bicyclic) bond motifs is 8. The van der Waals surface area contributed by atoms with Crippen molar-refractivity contribution in [3.05, 3.63) is 188 Å². The second kappa shape index (κ2) is 12.8. The fraction of sp³-hybridized carbons (Fsp3) is 0. The van der Waals surface area contributed by atoms with Gasteiger partial charge in [0.25, 0.3) is 0 Å². The van der Waals surface area contributed by atoms with Gasteiger partial charge in [-0.15, -0.1) is 11.3 Å². The average Bonchev–Trinajstić information content (AvgIpc) is 3.66. The van der Waals surface area contributed by atoms with Crippen molar-refractivity contribution in [1.29, 1.82) is 0 Å². The summed E-state index contributed by atoms with van der Waals surface area (Å²) in [6, 6.07) is 66.8. The highest BCUT2D eigenvalue weighted by molar-refractivity contribution is 7.27. The van der Waals surface area contributed by atoms with Crippen LogP contribution >= 0.6 is 11.3 Å². The first-order valence-electron chi connectivity index (χ1n) is 18.5. The molecule has 0 saturated heterocycles. The number of rotatable bonds is 5. The van der Waals surface area contributed by atoms with E-state index in [1.165, 1.54) is 58.2 Å². The minimum absolute atomic E-state index is 0.640. The van der Waals surface area contributed by atoms with E-state index in [0.29, 0.717) is 17.5 Å². The predicted molar refractivity (Wildman–Crippen MR) is 232 cm³/mol. The van der Waals surface area contributed by atoms with E-state index in [0.717, 1.165) is 33.2 Å². The molecule has 0 fully saturated rings. The van der Waals surface area contributed by atoms with E-state index in [-0.39, 0.29) is 0 Å². The molecule has 0 atom stereocenters. The topological polar surface area (TPSA) is 38.7 Å². The van der Waals surface area contributed by atoms with Crippen LogP contribution < -0.4 is 0 Å². The second-order valence-electron chi connectivity index (χ2n) is 14.0. The zero-order chi connectivity index (χ0) is 36.3. The van der Waals surface area contributed by atoms with E-state index in [2.05, 4.69) is 164 Å². The van der Waals surface area contributed by atoms with Gasteiger partial charge in [0.15, 0.2) is 17.5 Å². The maximum Gasteiger partial charge on any atom is 0.164 e. The van der Waals surface area contributed by atoms with Crippen molar-refractivity contribution in [1.82, 2.24) is 15.0 Å². The van der Waals surface area contributed by atoms with Gasteiger partial charge in [0.1, 0.15) is 0 Å². The molecule has 0 saturated carbocycles. The van der Waals surface area contributed by atoms with Crippen molar-refractivity contribution >= 4 is 63.8 Å². The van der Waals surface area contributed by atoms with Gasteiger partial charge >= 0.3 is 0 Å². The van der Waals surface area contributed by atoms with Crippen LogP contribution in [-0.4, -0.2) is 15.0 Å². The average molecular weight is 718 g/mol. The molecule has 0 aliphatic heterocycles. The Bertz CT molecular complexity index is 3240. The molecule has 11 rings (SSSR count). The van der Waals surface area contributed by atoms with E-state index in [1.54, 1.807) is 0 Å². The first-order valence-corrected chi connectivity index (χ1v) is 19.3. The minimum atomic E-state index is 0.640. The summed E-state index contributed by atoms with van der Waals surface area (Å²) in [5.41, 5.74) is 7.53. The van der Waals surface area contributed by atoms with Crippen LogP contribution in [-0.2, 0) is 0 Å². The van der Waals surface area contributed by atoms with E-state index in [9.17, 15) is 0 Å². The Kier molecular flexibility index (Phi) is 7.35. The fourth-order valence-corrected chi connectivity index (χ4v) is 9.34. The number of aromatic nitrogens is 3. The van der Waals surface area contributed by atoms with Gasteiger partial charge in [0, 0.05) is 42.2 Å². The van der Waals surface area contributed by atoms with Crippen molar-refractivity contribution in [3.8, 4) is 56.4 Å². The normalized spacial score (nSPS) is 11.6. The molecule has 0 spiro atoms. The molecule has 3 nitrogen and oxygen atoms in total. The Morgan fingerprint density at radius 3 is 1.58 bits per heavy atom. The molecule has 0 N–H and O–H groups in total. The first-order chi connectivity index (χ1) is 27.2. The molecular weight excluding hydrogens is 687 g/mol. The third kappa shape index (κ3) is 5.38. The predicted octanol–water partition coefficient (Wildman–Crippen LogP) is 14.0. The van der Waals surface area contributed by atoms with Gasteiger partial charge in [-0.2, -0.15) is 0 Å². The van der Waals surface area contributed by atoms with Gasteiger partial charge in [-0.1, -0.05) is 164 Å². The molecule has 0 radical (unpaired) electrons. The lowest BCUT2D eigenvalue weighted by Gasteiger charge is -2.15. The lowest BCUT2D eigenvalue weighted by Crippen LogP contribution is -2.00. The van der Waals surface area contributed by atoms with Gasteiger partial charge < -0.3 is 0 Å². The number of hydrogen-bond acceptors (Lipinski definition) is 4. The van der Waals surface area contributed by atoms with Crippen molar-refractivity contribution in [2.75, 3.05) is 0 Å². The van der Waals surface area contributed by atoms with Crippen LogP contribution in [0.1, 0.15) is 0 Å². The Balaban J connectivity index is 1.17. The van der Waals surface area contributed by atoms with Gasteiger partial charge in [0.05, 0.1) is 0 Å². The molecule has 2 heterocycles. The Morgan fingerprint density at radius 2 is 0.836 bits per heavy atom. The molecule has 0 aliphatic carbocycles. The highest BCUT2D eigenvalue weighted by Crippen LogP contribution is 2.48. The van der Waals surface area contributed by atoms with Crippen LogP contribution in [0.3, 0.4) is 0 Å². The summed E-state index contributed by atoms with van der Waals surface area (Å²) < 4.78 is 2.60. The smallest absolute Gasteiger partial charge is 0.164 e. The maximum absolute atomic E-state index is 5.21. The summed E-state index contributed by atoms with van der Waals surface area (Å²) in [7, 11) is 0. The Hall–Kier alpha value is -7.01. The van der Waals surface area contributed by atoms with E-state index < -0.39 is 0 Å². The van der Waals surface area contributed by atoms with Gasteiger partial charge in [0.2, 0.25) is 0 Å². The second-order valence-corrected chi connectivity index (χ2v) is 15.0. The highest BCUT2D eigenvalue weighted by atomic mass is 32.1. The van der Waals surface area contributed by atoms with Crippen LogP contribution in [0.5, 0.6) is 0 Å². The molecule has 0 amide bonds. The zero-order valence-electron chi connectivity index (χ0n) is 29.6. The van der Waals surface area contributed by atoms with Gasteiger partial charge in [-0.25, -0.2) is 15.0 Å². The summed E-state index contributed by atoms with van der Waals surface area (Å²) in [6.07, 6.45) is 0. The summed E-state index contributed by atoms with van der Waals surface area (Å²) in [4.78, 5) is 15.4. The third-order valence-electron chi connectivity index (χ3n) is 10.7. The summed E-state index contributed by atoms with van der Waals surface area (Å²) in [5.74, 6) is 1.93. The lowest BCUT2D eigenvalue weighted by atomic mass is 9.89. The Morgan fingerprint density at radius 1 is 0.309 bits per heavy atom. The van der Waals surface area contributed by atoms with Crippen molar-refractivity contribution in [3.63, 3.8) is 0 Å². The number of thiophene rings is 1. The monoisotopic (exact) mass is 717 g/mol. The molecule has 0 bridgehead atoms. The van der Waals surface area contributed by atoms with Gasteiger partial charge in [-0.3, -0.25) is 0 Å². The SMILES string of the molecule is c1ccc(-c2ccc(-c3nc(-c4ccccc4)nc(-c4cc(-c5cc6ccc7ccccc7c6c6sc7ccccc7c56)c5ccccc5c4)n3)cc2)cc1. The van der Waals surface area contributed by atoms with E-state index in [4.69, 9.17) is 15.0 Å². The van der Waals surface area contributed by atoms with E-state index in [1.807, 2.05) is 35.6 Å². The number of hydrogen-bond donors (Lipinski definition) is 0. The Labute approximate surface area is 321 Å². The largest absolute Gasteiger partial charge is 0.208 e. The maximum atomic E-state index is 5.21. The number of nitrogens with zero attached hydrogens (tertiary/aromatic N) is 3. The molecule has 0 unspecified atom stereocenters. The summed E-state index contributed by atoms with van der Waals surface area (Å²) in [6.45, 7) is 0. The molecule has 0 aliphatic rings. The van der Waals surface area contributed by atoms with Crippen LogP contribution in [0.25, 0.3) is 109 Å². The van der Waals surface area contributed by atoms with Crippen molar-refractivity contribution < 1.29 is 0 Å². The van der Waals surface area contributed by atoms with Crippen LogP contribution in [0.2, 0.25) is 0 Å². The number of benzene rings is 9. The molecular formula is C51H31N3S. The quantitative estimate of drug-likeness (QED) is 0.166. The zero-order valence-corrected chi connectivity index (χ0v) is 30.5. The molecule has 4 heteroatoms. The molecule has 2 aromatic heterocycles. The van der Waals surface area contributed by atoms with Crippen LogP contribution in [0, 0.1) is 0 Å². The molecule has 11 aromatic rings. The summed E-state index contributed by atoms with van der Waals surface area (Å²) >= 11 is 1.89. The van der Waals surface area contributed by atoms with Crippen molar-refractivity contribution in [2.24, 2.45) is 0 Å². The highest BCUT2D eigenvalue weighted by Gasteiger charge is 2.20. The third-order valence-corrected chi connectivity index (χ3v) is 11.9. The molecule has 256 valence electrons. The van der Waals surface area contributed by atoms with Gasteiger partial charge in [-0.05, 0) is 73.5 Å². The first kappa shape index (κ1) is 31.5. The summed E-state index contributed by atoms with van der Waals surface area (Å²) in [5, 5.41) is 9.96. The van der Waals surface area contributed by atoms with Crippen LogP contribution in [0.4, 0.5) is 0 Å². The van der Waals surface area contributed by atoms with Crippen LogP contribution in [0.15, 0.2) is 188 Å². The minimum Gasteiger partial charge on any atom is -0.208 e. The van der Waals surface area contributed by atoms with Crippen molar-refractivity contribution in [2.45, 2.75) is 0 Å². The molecule has 55 heavy (non-hydrogen) atoms. The molecule has 9 aromatic carbocycles.